The number of hydrogen-bond acceptors (Lipinski definition) is 3. The molecule has 2 heterocycles. The zero-order chi connectivity index (χ0) is 11.1. The lowest BCUT2D eigenvalue weighted by Crippen LogP contribution is -2.61. The van der Waals surface area contributed by atoms with E-state index in [-0.39, 0.29) is 5.60 Å². The smallest absolute Gasteiger partial charge is 0.143 e. The van der Waals surface area contributed by atoms with Gasteiger partial charge in [-0.25, -0.2) is 4.98 Å². The van der Waals surface area contributed by atoms with Crippen LogP contribution in [0.2, 0.25) is 0 Å². The van der Waals surface area contributed by atoms with E-state index in [9.17, 15) is 0 Å². The SMILES string of the molecule is COC1(C)CN(c2nccc(C)c2Br)C1. The average Bonchev–Trinajstić information content (AvgIpc) is 2.18. The molecule has 15 heavy (non-hydrogen) atoms. The van der Waals surface area contributed by atoms with E-state index in [2.05, 4.69) is 39.7 Å². The third kappa shape index (κ3) is 1.88. The molecular formula is C11H15BrN2O. The zero-order valence-electron chi connectivity index (χ0n) is 9.25. The molecule has 0 aliphatic carbocycles. The topological polar surface area (TPSA) is 25.4 Å². The molecule has 0 aromatic carbocycles. The summed E-state index contributed by atoms with van der Waals surface area (Å²) < 4.78 is 6.50. The first-order chi connectivity index (χ1) is 7.06. The van der Waals surface area contributed by atoms with Crippen molar-refractivity contribution in [1.29, 1.82) is 0 Å². The van der Waals surface area contributed by atoms with Crippen molar-refractivity contribution < 1.29 is 4.74 Å². The molecule has 4 heteroatoms. The number of anilines is 1. The predicted molar refractivity (Wildman–Crippen MR) is 64.3 cm³/mol. The fourth-order valence-electron chi connectivity index (χ4n) is 1.79. The van der Waals surface area contributed by atoms with E-state index in [1.165, 1.54) is 5.56 Å². The lowest BCUT2D eigenvalue weighted by atomic mass is 9.96. The van der Waals surface area contributed by atoms with Gasteiger partial charge < -0.3 is 9.64 Å². The minimum absolute atomic E-state index is 0.00906. The van der Waals surface area contributed by atoms with Crippen LogP contribution in [0.4, 0.5) is 5.82 Å². The monoisotopic (exact) mass is 270 g/mol. The number of rotatable bonds is 2. The van der Waals surface area contributed by atoms with Gasteiger partial charge in [0.1, 0.15) is 5.82 Å². The quantitative estimate of drug-likeness (QED) is 0.825. The van der Waals surface area contributed by atoms with Crippen LogP contribution in [0.15, 0.2) is 16.7 Å². The van der Waals surface area contributed by atoms with Crippen molar-refractivity contribution in [2.24, 2.45) is 0 Å². The second-order valence-corrected chi connectivity index (χ2v) is 5.07. The lowest BCUT2D eigenvalue weighted by Gasteiger charge is -2.47. The van der Waals surface area contributed by atoms with Gasteiger partial charge in [-0.15, -0.1) is 0 Å². The van der Waals surface area contributed by atoms with Gasteiger partial charge in [0, 0.05) is 26.4 Å². The molecule has 1 aliphatic heterocycles. The van der Waals surface area contributed by atoms with Crippen molar-refractivity contribution in [2.75, 3.05) is 25.1 Å². The van der Waals surface area contributed by atoms with Crippen LogP contribution in [0.1, 0.15) is 12.5 Å². The summed E-state index contributed by atoms with van der Waals surface area (Å²) in [5.41, 5.74) is 1.20. The van der Waals surface area contributed by atoms with Gasteiger partial charge in [0.05, 0.1) is 10.1 Å². The highest BCUT2D eigenvalue weighted by Crippen LogP contribution is 2.34. The number of nitrogens with zero attached hydrogens (tertiary/aromatic N) is 2. The second-order valence-electron chi connectivity index (χ2n) is 4.28. The van der Waals surface area contributed by atoms with Crippen molar-refractivity contribution in [3.63, 3.8) is 0 Å². The van der Waals surface area contributed by atoms with Gasteiger partial charge in [0.2, 0.25) is 0 Å². The van der Waals surface area contributed by atoms with E-state index in [0.29, 0.717) is 0 Å². The summed E-state index contributed by atoms with van der Waals surface area (Å²) in [5.74, 6) is 1.02. The highest BCUT2D eigenvalue weighted by Gasteiger charge is 2.40. The minimum Gasteiger partial charge on any atom is -0.375 e. The summed E-state index contributed by atoms with van der Waals surface area (Å²) in [6, 6.07) is 2.00. The van der Waals surface area contributed by atoms with Gasteiger partial charge in [0.25, 0.3) is 0 Å². The summed E-state index contributed by atoms with van der Waals surface area (Å²) in [4.78, 5) is 6.61. The van der Waals surface area contributed by atoms with Gasteiger partial charge in [-0.2, -0.15) is 0 Å². The van der Waals surface area contributed by atoms with Crippen LogP contribution >= 0.6 is 15.9 Å². The number of aromatic nitrogens is 1. The Morgan fingerprint density at radius 2 is 2.20 bits per heavy atom. The molecular weight excluding hydrogens is 256 g/mol. The third-order valence-electron chi connectivity index (χ3n) is 2.91. The summed E-state index contributed by atoms with van der Waals surface area (Å²) in [6.45, 7) is 5.99. The van der Waals surface area contributed by atoms with Crippen molar-refractivity contribution in [1.82, 2.24) is 4.98 Å². The van der Waals surface area contributed by atoms with E-state index in [1.807, 2.05) is 12.3 Å². The van der Waals surface area contributed by atoms with E-state index in [0.717, 1.165) is 23.4 Å². The molecule has 1 aromatic rings. The molecule has 1 fully saturated rings. The number of aryl methyl sites for hydroxylation is 1. The molecule has 0 amide bonds. The first-order valence-electron chi connectivity index (χ1n) is 4.97. The van der Waals surface area contributed by atoms with Crippen LogP contribution in [0, 0.1) is 6.92 Å². The maximum Gasteiger partial charge on any atom is 0.143 e. The van der Waals surface area contributed by atoms with E-state index < -0.39 is 0 Å². The molecule has 0 atom stereocenters. The molecule has 2 rings (SSSR count). The fraction of sp³-hybridized carbons (Fsp3) is 0.545. The molecule has 82 valence electrons. The maximum atomic E-state index is 5.41. The van der Waals surface area contributed by atoms with Crippen molar-refractivity contribution in [3.8, 4) is 0 Å². The number of pyridine rings is 1. The molecule has 0 bridgehead atoms. The molecule has 0 saturated carbocycles. The highest BCUT2D eigenvalue weighted by atomic mass is 79.9. The van der Waals surface area contributed by atoms with Crippen LogP contribution < -0.4 is 4.90 Å². The summed E-state index contributed by atoms with van der Waals surface area (Å²) in [7, 11) is 1.76. The Hall–Kier alpha value is -0.610. The summed E-state index contributed by atoms with van der Waals surface area (Å²) in [6.07, 6.45) is 1.85. The normalized spacial score (nSPS) is 18.8. The van der Waals surface area contributed by atoms with Crippen molar-refractivity contribution in [3.05, 3.63) is 22.3 Å². The Bertz CT molecular complexity index is 375. The Kier molecular flexibility index (Phi) is 2.73. The first-order valence-corrected chi connectivity index (χ1v) is 5.76. The van der Waals surface area contributed by atoms with E-state index >= 15 is 0 Å². The van der Waals surface area contributed by atoms with Gasteiger partial charge in [0.15, 0.2) is 0 Å². The molecule has 0 radical (unpaired) electrons. The van der Waals surface area contributed by atoms with Crippen LogP contribution in [-0.2, 0) is 4.74 Å². The van der Waals surface area contributed by atoms with Crippen LogP contribution in [0.5, 0.6) is 0 Å². The fourth-order valence-corrected chi connectivity index (χ4v) is 2.27. The van der Waals surface area contributed by atoms with E-state index in [1.54, 1.807) is 7.11 Å². The second kappa shape index (κ2) is 3.76. The third-order valence-corrected chi connectivity index (χ3v) is 3.89. The predicted octanol–water partition coefficient (Wildman–Crippen LogP) is 2.38. The molecule has 1 aliphatic rings. The minimum atomic E-state index is -0.00906. The Morgan fingerprint density at radius 3 is 2.80 bits per heavy atom. The summed E-state index contributed by atoms with van der Waals surface area (Å²) >= 11 is 3.57. The number of methoxy groups -OCH3 is 1. The van der Waals surface area contributed by atoms with Gasteiger partial charge in [-0.3, -0.25) is 0 Å². The van der Waals surface area contributed by atoms with Crippen molar-refractivity contribution >= 4 is 21.7 Å². The lowest BCUT2D eigenvalue weighted by molar-refractivity contribution is -0.0172. The first kappa shape index (κ1) is 10.9. The van der Waals surface area contributed by atoms with Crippen LogP contribution in [0.3, 0.4) is 0 Å². The van der Waals surface area contributed by atoms with Crippen molar-refractivity contribution in [2.45, 2.75) is 19.4 Å². The number of hydrogen-bond donors (Lipinski definition) is 0. The molecule has 1 saturated heterocycles. The van der Waals surface area contributed by atoms with Gasteiger partial charge >= 0.3 is 0 Å². The Labute approximate surface area is 98.6 Å². The highest BCUT2D eigenvalue weighted by molar-refractivity contribution is 9.10. The standard InChI is InChI=1S/C11H15BrN2O/c1-8-4-5-13-10(9(8)12)14-6-11(2,7-14)15-3/h4-5H,6-7H2,1-3H3. The van der Waals surface area contributed by atoms with Crippen LogP contribution in [0.25, 0.3) is 0 Å². The molecule has 0 N–H and O–H groups in total. The Balaban J connectivity index is 2.17. The average molecular weight is 271 g/mol. The largest absolute Gasteiger partial charge is 0.375 e. The molecule has 1 aromatic heterocycles. The zero-order valence-corrected chi connectivity index (χ0v) is 10.8. The summed E-state index contributed by atoms with van der Waals surface area (Å²) in [5, 5.41) is 0. The van der Waals surface area contributed by atoms with E-state index in [4.69, 9.17) is 4.74 Å². The van der Waals surface area contributed by atoms with Gasteiger partial charge in [-0.05, 0) is 41.4 Å². The maximum absolute atomic E-state index is 5.41. The molecule has 3 nitrogen and oxygen atoms in total. The van der Waals surface area contributed by atoms with Gasteiger partial charge in [-0.1, -0.05) is 0 Å². The molecule has 0 unspecified atom stereocenters. The number of ether oxygens (including phenoxy) is 1. The van der Waals surface area contributed by atoms with Crippen LogP contribution in [-0.4, -0.2) is 30.8 Å². The number of halogens is 1. The Morgan fingerprint density at radius 1 is 1.53 bits per heavy atom. The molecule has 0 spiro atoms.